The predicted molar refractivity (Wildman–Crippen MR) is 113 cm³/mol. The number of aryl methyl sites for hydroxylation is 1. The van der Waals surface area contributed by atoms with Gasteiger partial charge in [-0.1, -0.05) is 43.7 Å². The van der Waals surface area contributed by atoms with Gasteiger partial charge in [-0.25, -0.2) is 0 Å². The third-order valence-electron chi connectivity index (χ3n) is 3.34. The van der Waals surface area contributed by atoms with Gasteiger partial charge in [-0.3, -0.25) is 4.79 Å². The highest BCUT2D eigenvalue weighted by atomic mass is 16.5. The maximum atomic E-state index is 11.2. The van der Waals surface area contributed by atoms with Gasteiger partial charge in [0.25, 0.3) is 0 Å². The number of rotatable bonds is 5. The molecule has 154 valence electrons. The van der Waals surface area contributed by atoms with Crippen molar-refractivity contribution in [1.82, 2.24) is 0 Å². The number of methoxy groups -OCH3 is 2. The Kier molecular flexibility index (Phi) is 12.9. The number of phenolic OH excluding ortho intramolecular Hbond substituents is 1. The molecule has 0 saturated heterocycles. The largest absolute Gasteiger partial charge is 0.504 e. The fraction of sp³-hybridized carbons (Fsp3) is 0.348. The molecule has 1 N–H and O–H groups in total. The van der Waals surface area contributed by atoms with Crippen LogP contribution in [0.5, 0.6) is 17.2 Å². The van der Waals surface area contributed by atoms with Gasteiger partial charge in [-0.15, -0.1) is 6.58 Å². The summed E-state index contributed by atoms with van der Waals surface area (Å²) in [6.45, 7) is 9.26. The Balaban J connectivity index is 0.000000458. The van der Waals surface area contributed by atoms with Crippen molar-refractivity contribution >= 4 is 5.97 Å². The van der Waals surface area contributed by atoms with Crippen LogP contribution in [-0.4, -0.2) is 32.4 Å². The summed E-state index contributed by atoms with van der Waals surface area (Å²) in [4.78, 5) is 11.2. The minimum atomic E-state index is -0.191. The molecule has 2 aromatic rings. The quantitative estimate of drug-likeness (QED) is 0.446. The standard InChI is InChI=1S/C11H14O2.C10H12O2.C2H6O/c1-8(2)11(12)13-10-6-4-9(3)5-7-10;1-3-4-8-5-6-9(11)10(7-8)12-2;1-3-2/h4-8H,1-3H3;3,5-7,11H,1,4H2,2H3;1-2H3. The van der Waals surface area contributed by atoms with Gasteiger partial charge in [0.2, 0.25) is 0 Å². The van der Waals surface area contributed by atoms with Crippen LogP contribution in [0.4, 0.5) is 0 Å². The minimum absolute atomic E-state index is 0.0821. The number of carbonyl (C=O) groups is 1. The number of aromatic hydroxyl groups is 1. The monoisotopic (exact) mass is 388 g/mol. The number of carbonyl (C=O) groups excluding carboxylic acids is 1. The number of esters is 1. The molecule has 5 nitrogen and oxygen atoms in total. The predicted octanol–water partition coefficient (Wildman–Crippen LogP) is 4.95. The smallest absolute Gasteiger partial charge is 0.313 e. The lowest BCUT2D eigenvalue weighted by molar-refractivity contribution is -0.137. The first-order chi connectivity index (χ1) is 13.3. The van der Waals surface area contributed by atoms with Crippen molar-refractivity contribution < 1.29 is 24.1 Å². The van der Waals surface area contributed by atoms with Crippen molar-refractivity contribution in [2.45, 2.75) is 27.2 Å². The summed E-state index contributed by atoms with van der Waals surface area (Å²) in [7, 11) is 4.78. The fourth-order valence-corrected chi connectivity index (χ4v) is 1.86. The average Bonchev–Trinajstić information content (AvgIpc) is 2.66. The van der Waals surface area contributed by atoms with Crippen molar-refractivity contribution in [2.75, 3.05) is 21.3 Å². The first-order valence-corrected chi connectivity index (χ1v) is 8.94. The van der Waals surface area contributed by atoms with E-state index < -0.39 is 0 Å². The van der Waals surface area contributed by atoms with Gasteiger partial charge in [0, 0.05) is 14.2 Å². The highest BCUT2D eigenvalue weighted by Crippen LogP contribution is 2.26. The van der Waals surface area contributed by atoms with Gasteiger partial charge in [0.05, 0.1) is 13.0 Å². The van der Waals surface area contributed by atoms with Crippen molar-refractivity contribution in [1.29, 1.82) is 0 Å². The molecule has 0 bridgehead atoms. The first-order valence-electron chi connectivity index (χ1n) is 8.94. The molecule has 2 aromatic carbocycles. The molecule has 0 spiro atoms. The first kappa shape index (κ1) is 25.2. The number of benzene rings is 2. The molecule has 28 heavy (non-hydrogen) atoms. The van der Waals surface area contributed by atoms with E-state index in [0.717, 1.165) is 17.5 Å². The van der Waals surface area contributed by atoms with Gasteiger partial charge in [-0.2, -0.15) is 0 Å². The van der Waals surface area contributed by atoms with E-state index in [0.29, 0.717) is 11.5 Å². The molecule has 0 aromatic heterocycles. The molecule has 0 aliphatic carbocycles. The van der Waals surface area contributed by atoms with E-state index >= 15 is 0 Å². The maximum absolute atomic E-state index is 11.2. The molecule has 2 rings (SSSR count). The summed E-state index contributed by atoms with van der Waals surface area (Å²) in [6, 6.07) is 12.7. The number of hydrogen-bond acceptors (Lipinski definition) is 5. The molecule has 0 aliphatic heterocycles. The van der Waals surface area contributed by atoms with E-state index in [1.54, 1.807) is 38.5 Å². The molecule has 0 atom stereocenters. The van der Waals surface area contributed by atoms with Gasteiger partial charge in [0.1, 0.15) is 5.75 Å². The number of hydrogen-bond donors (Lipinski definition) is 1. The summed E-state index contributed by atoms with van der Waals surface area (Å²) in [5.41, 5.74) is 2.24. The van der Waals surface area contributed by atoms with Crippen molar-refractivity contribution in [3.63, 3.8) is 0 Å². The van der Waals surface area contributed by atoms with Crippen LogP contribution in [0.1, 0.15) is 25.0 Å². The van der Waals surface area contributed by atoms with E-state index in [4.69, 9.17) is 9.47 Å². The van der Waals surface area contributed by atoms with Gasteiger partial charge in [0.15, 0.2) is 11.5 Å². The lowest BCUT2D eigenvalue weighted by Gasteiger charge is -2.06. The van der Waals surface area contributed by atoms with Crippen LogP contribution in [0.25, 0.3) is 0 Å². The lowest BCUT2D eigenvalue weighted by atomic mass is 10.1. The Bertz CT molecular complexity index is 705. The maximum Gasteiger partial charge on any atom is 0.313 e. The molecule has 0 radical (unpaired) electrons. The molecule has 0 fully saturated rings. The Labute approximate surface area is 168 Å². The highest BCUT2D eigenvalue weighted by molar-refractivity contribution is 5.74. The third kappa shape index (κ3) is 10.4. The lowest BCUT2D eigenvalue weighted by Crippen LogP contribution is -2.14. The minimum Gasteiger partial charge on any atom is -0.504 e. The topological polar surface area (TPSA) is 65.0 Å². The summed E-state index contributed by atoms with van der Waals surface area (Å²) in [5, 5.41) is 9.25. The van der Waals surface area contributed by atoms with E-state index in [2.05, 4.69) is 11.3 Å². The van der Waals surface area contributed by atoms with Crippen LogP contribution in [0.3, 0.4) is 0 Å². The van der Waals surface area contributed by atoms with Crippen LogP contribution in [0.2, 0.25) is 0 Å². The van der Waals surface area contributed by atoms with Crippen LogP contribution in [0, 0.1) is 12.8 Å². The fourth-order valence-electron chi connectivity index (χ4n) is 1.86. The Morgan fingerprint density at radius 2 is 1.68 bits per heavy atom. The molecule has 5 heteroatoms. The van der Waals surface area contributed by atoms with E-state index in [1.807, 2.05) is 45.0 Å². The highest BCUT2D eigenvalue weighted by Gasteiger charge is 2.08. The summed E-state index contributed by atoms with van der Waals surface area (Å²) < 4.78 is 14.3. The van der Waals surface area contributed by atoms with Gasteiger partial charge < -0.3 is 19.3 Å². The van der Waals surface area contributed by atoms with Crippen LogP contribution < -0.4 is 9.47 Å². The Morgan fingerprint density at radius 3 is 2.14 bits per heavy atom. The molecule has 0 amide bonds. The Hall–Kier alpha value is -2.79. The van der Waals surface area contributed by atoms with E-state index in [1.165, 1.54) is 7.11 Å². The van der Waals surface area contributed by atoms with E-state index in [-0.39, 0.29) is 17.6 Å². The van der Waals surface area contributed by atoms with Crippen LogP contribution >= 0.6 is 0 Å². The molecule has 0 unspecified atom stereocenters. The summed E-state index contributed by atoms with van der Waals surface area (Å²) >= 11 is 0. The summed E-state index contributed by atoms with van der Waals surface area (Å²) in [6.07, 6.45) is 2.60. The van der Waals surface area contributed by atoms with Crippen molar-refractivity contribution in [3.8, 4) is 17.2 Å². The molecule has 0 heterocycles. The number of allylic oxidation sites excluding steroid dienone is 1. The third-order valence-corrected chi connectivity index (χ3v) is 3.34. The Morgan fingerprint density at radius 1 is 1.11 bits per heavy atom. The van der Waals surface area contributed by atoms with E-state index in [9.17, 15) is 9.90 Å². The zero-order valence-electron chi connectivity index (χ0n) is 17.7. The molecular formula is C23H32O5. The zero-order chi connectivity index (χ0) is 21.5. The van der Waals surface area contributed by atoms with Crippen molar-refractivity contribution in [2.24, 2.45) is 5.92 Å². The average molecular weight is 389 g/mol. The second-order valence-corrected chi connectivity index (χ2v) is 6.30. The second-order valence-electron chi connectivity index (χ2n) is 6.30. The normalized spacial score (nSPS) is 9.39. The molecular weight excluding hydrogens is 356 g/mol. The van der Waals surface area contributed by atoms with Crippen LogP contribution in [-0.2, 0) is 16.0 Å². The molecule has 0 saturated carbocycles. The van der Waals surface area contributed by atoms with Crippen LogP contribution in [0.15, 0.2) is 55.1 Å². The zero-order valence-corrected chi connectivity index (χ0v) is 17.7. The summed E-state index contributed by atoms with van der Waals surface area (Å²) in [5.74, 6) is 1.02. The van der Waals surface area contributed by atoms with Gasteiger partial charge >= 0.3 is 5.97 Å². The van der Waals surface area contributed by atoms with Crippen molar-refractivity contribution in [3.05, 3.63) is 66.2 Å². The second kappa shape index (κ2) is 14.3. The van der Waals surface area contributed by atoms with Gasteiger partial charge in [-0.05, 0) is 43.2 Å². The number of phenols is 1. The number of ether oxygens (including phenoxy) is 3. The SMILES string of the molecule is C=CCc1ccc(O)c(OC)c1.COC.Cc1ccc(OC(=O)C(C)C)cc1. The molecule has 0 aliphatic rings.